The highest BCUT2D eigenvalue weighted by molar-refractivity contribution is 6.00. The molecule has 0 bridgehead atoms. The number of amides is 2. The SMILES string of the molecule is O=C(CN1Cc2ccccc2C1=O)N1CCCC(n2cncn2)C1. The van der Waals surface area contributed by atoms with Crippen LogP contribution in [0.25, 0.3) is 0 Å². The Bertz CT molecular complexity index is 758. The van der Waals surface area contributed by atoms with Crippen molar-refractivity contribution in [2.24, 2.45) is 0 Å². The monoisotopic (exact) mass is 325 g/mol. The third-order valence-electron chi connectivity index (χ3n) is 4.78. The first-order valence-electron chi connectivity index (χ1n) is 8.21. The maximum Gasteiger partial charge on any atom is 0.254 e. The van der Waals surface area contributed by atoms with E-state index in [1.165, 1.54) is 6.33 Å². The molecule has 1 unspecified atom stereocenters. The maximum absolute atomic E-state index is 12.7. The summed E-state index contributed by atoms with van der Waals surface area (Å²) in [6, 6.07) is 7.71. The molecule has 4 rings (SSSR count). The topological polar surface area (TPSA) is 71.3 Å². The minimum absolute atomic E-state index is 0.000899. The van der Waals surface area contributed by atoms with Crippen LogP contribution >= 0.6 is 0 Å². The molecule has 0 saturated carbocycles. The highest BCUT2D eigenvalue weighted by Crippen LogP contribution is 2.24. The number of aromatic nitrogens is 3. The van der Waals surface area contributed by atoms with Gasteiger partial charge in [0.2, 0.25) is 5.91 Å². The highest BCUT2D eigenvalue weighted by atomic mass is 16.2. The molecule has 0 N–H and O–H groups in total. The van der Waals surface area contributed by atoms with Gasteiger partial charge in [0.1, 0.15) is 19.2 Å². The zero-order chi connectivity index (χ0) is 16.5. The van der Waals surface area contributed by atoms with E-state index in [0.717, 1.165) is 24.9 Å². The zero-order valence-corrected chi connectivity index (χ0v) is 13.3. The summed E-state index contributed by atoms with van der Waals surface area (Å²) in [5.41, 5.74) is 1.71. The van der Waals surface area contributed by atoms with Crippen LogP contribution < -0.4 is 0 Å². The number of nitrogens with zero attached hydrogens (tertiary/aromatic N) is 5. The first-order valence-corrected chi connectivity index (χ1v) is 8.21. The van der Waals surface area contributed by atoms with Gasteiger partial charge in [0.05, 0.1) is 6.04 Å². The van der Waals surface area contributed by atoms with Gasteiger partial charge in [-0.1, -0.05) is 18.2 Å². The van der Waals surface area contributed by atoms with Crippen molar-refractivity contribution in [2.75, 3.05) is 19.6 Å². The Hall–Kier alpha value is -2.70. The Morgan fingerprint density at radius 2 is 2.17 bits per heavy atom. The van der Waals surface area contributed by atoms with Crippen molar-refractivity contribution in [1.82, 2.24) is 24.6 Å². The van der Waals surface area contributed by atoms with E-state index in [0.29, 0.717) is 18.7 Å². The fourth-order valence-electron chi connectivity index (χ4n) is 3.51. The van der Waals surface area contributed by atoms with Crippen LogP contribution in [0.4, 0.5) is 0 Å². The van der Waals surface area contributed by atoms with E-state index in [1.54, 1.807) is 11.2 Å². The van der Waals surface area contributed by atoms with Crippen LogP contribution in [0, 0.1) is 0 Å². The van der Waals surface area contributed by atoms with Crippen molar-refractivity contribution in [3.05, 3.63) is 48.0 Å². The summed E-state index contributed by atoms with van der Waals surface area (Å²) in [7, 11) is 0. The summed E-state index contributed by atoms with van der Waals surface area (Å²) in [6.45, 7) is 2.01. The number of carbonyl (C=O) groups is 2. The molecular formula is C17H19N5O2. The third-order valence-corrected chi connectivity index (χ3v) is 4.78. The molecule has 24 heavy (non-hydrogen) atoms. The molecule has 2 aromatic rings. The molecule has 1 atom stereocenters. The first kappa shape index (κ1) is 14.9. The summed E-state index contributed by atoms with van der Waals surface area (Å²) in [5.74, 6) is -0.0512. The van der Waals surface area contributed by atoms with Crippen molar-refractivity contribution in [1.29, 1.82) is 0 Å². The molecule has 1 aromatic carbocycles. The lowest BCUT2D eigenvalue weighted by Gasteiger charge is -2.33. The van der Waals surface area contributed by atoms with Crippen LogP contribution in [0.15, 0.2) is 36.9 Å². The summed E-state index contributed by atoms with van der Waals surface area (Å²) in [4.78, 5) is 32.5. The quantitative estimate of drug-likeness (QED) is 0.847. The number of piperidine rings is 1. The van der Waals surface area contributed by atoms with Crippen LogP contribution in [0.3, 0.4) is 0 Å². The fraction of sp³-hybridized carbons (Fsp3) is 0.412. The van der Waals surface area contributed by atoms with Gasteiger partial charge in [0, 0.05) is 25.2 Å². The van der Waals surface area contributed by atoms with Gasteiger partial charge in [-0.3, -0.25) is 9.59 Å². The van der Waals surface area contributed by atoms with Gasteiger partial charge in [-0.15, -0.1) is 0 Å². The average molecular weight is 325 g/mol. The molecule has 2 aliphatic heterocycles. The van der Waals surface area contributed by atoms with Crippen molar-refractivity contribution in [3.8, 4) is 0 Å². The smallest absolute Gasteiger partial charge is 0.254 e. The van der Waals surface area contributed by atoms with Gasteiger partial charge in [0.25, 0.3) is 5.91 Å². The van der Waals surface area contributed by atoms with Crippen molar-refractivity contribution < 1.29 is 9.59 Å². The number of carbonyl (C=O) groups excluding carboxylic acids is 2. The molecule has 124 valence electrons. The fourth-order valence-corrected chi connectivity index (χ4v) is 3.51. The summed E-state index contributed by atoms with van der Waals surface area (Å²) >= 11 is 0. The van der Waals surface area contributed by atoms with Gasteiger partial charge in [0.15, 0.2) is 0 Å². The maximum atomic E-state index is 12.7. The normalized spacial score (nSPS) is 20.3. The first-order chi connectivity index (χ1) is 11.7. The highest BCUT2D eigenvalue weighted by Gasteiger charge is 2.31. The minimum Gasteiger partial charge on any atom is -0.339 e. The Morgan fingerprint density at radius 1 is 1.29 bits per heavy atom. The number of benzene rings is 1. The molecule has 0 spiro atoms. The zero-order valence-electron chi connectivity index (χ0n) is 13.3. The summed E-state index contributed by atoms with van der Waals surface area (Å²) in [6.07, 6.45) is 5.13. The van der Waals surface area contributed by atoms with E-state index in [1.807, 2.05) is 33.8 Å². The Morgan fingerprint density at radius 3 is 2.96 bits per heavy atom. The molecule has 2 aliphatic rings. The van der Waals surface area contributed by atoms with Crippen molar-refractivity contribution in [2.45, 2.75) is 25.4 Å². The number of hydrogen-bond acceptors (Lipinski definition) is 4. The Balaban J connectivity index is 1.41. The number of hydrogen-bond donors (Lipinski definition) is 0. The molecule has 7 nitrogen and oxygen atoms in total. The van der Waals surface area contributed by atoms with E-state index < -0.39 is 0 Å². The van der Waals surface area contributed by atoms with Gasteiger partial charge in [-0.2, -0.15) is 5.10 Å². The number of rotatable bonds is 3. The van der Waals surface area contributed by atoms with Gasteiger partial charge >= 0.3 is 0 Å². The molecule has 1 saturated heterocycles. The Labute approximate surface area is 139 Å². The minimum atomic E-state index is -0.0521. The second kappa shape index (κ2) is 6.07. The molecule has 7 heteroatoms. The van der Waals surface area contributed by atoms with E-state index in [-0.39, 0.29) is 24.4 Å². The second-order valence-electron chi connectivity index (χ2n) is 6.33. The van der Waals surface area contributed by atoms with Crippen LogP contribution in [-0.2, 0) is 11.3 Å². The van der Waals surface area contributed by atoms with Gasteiger partial charge in [-0.05, 0) is 24.5 Å². The molecule has 2 amide bonds. The predicted molar refractivity (Wildman–Crippen MR) is 86.1 cm³/mol. The van der Waals surface area contributed by atoms with Gasteiger partial charge < -0.3 is 9.80 Å². The molecule has 3 heterocycles. The average Bonchev–Trinajstić information content (AvgIpc) is 3.25. The molecule has 0 aliphatic carbocycles. The lowest BCUT2D eigenvalue weighted by atomic mass is 10.1. The molecule has 0 radical (unpaired) electrons. The van der Waals surface area contributed by atoms with E-state index in [4.69, 9.17) is 0 Å². The van der Waals surface area contributed by atoms with Crippen LogP contribution in [-0.4, -0.2) is 56.0 Å². The largest absolute Gasteiger partial charge is 0.339 e. The summed E-state index contributed by atoms with van der Waals surface area (Å²) < 4.78 is 1.82. The summed E-state index contributed by atoms with van der Waals surface area (Å²) in [5, 5.41) is 4.18. The van der Waals surface area contributed by atoms with E-state index >= 15 is 0 Å². The number of likely N-dealkylation sites (tertiary alicyclic amines) is 1. The van der Waals surface area contributed by atoms with Gasteiger partial charge in [-0.25, -0.2) is 9.67 Å². The standard InChI is InChI=1S/C17H19N5O2/c23-16(10-21-8-13-4-1-2-6-15(13)17(21)24)20-7-3-5-14(9-20)22-12-18-11-19-22/h1-2,4,6,11-12,14H,3,5,7-10H2. The number of fused-ring (bicyclic) bond motifs is 1. The van der Waals surface area contributed by atoms with E-state index in [2.05, 4.69) is 10.1 Å². The third kappa shape index (κ3) is 2.66. The molecular weight excluding hydrogens is 306 g/mol. The molecule has 1 aromatic heterocycles. The lowest BCUT2D eigenvalue weighted by Crippen LogP contribution is -2.45. The van der Waals surface area contributed by atoms with Crippen molar-refractivity contribution in [3.63, 3.8) is 0 Å². The van der Waals surface area contributed by atoms with E-state index in [9.17, 15) is 9.59 Å². The van der Waals surface area contributed by atoms with Crippen molar-refractivity contribution >= 4 is 11.8 Å². The lowest BCUT2D eigenvalue weighted by molar-refractivity contribution is -0.133. The van der Waals surface area contributed by atoms with Crippen LogP contribution in [0.1, 0.15) is 34.8 Å². The Kier molecular flexibility index (Phi) is 3.76. The second-order valence-corrected chi connectivity index (χ2v) is 6.33. The van der Waals surface area contributed by atoms with Crippen LogP contribution in [0.5, 0.6) is 0 Å². The van der Waals surface area contributed by atoms with Crippen LogP contribution in [0.2, 0.25) is 0 Å². The molecule has 1 fully saturated rings. The predicted octanol–water partition coefficient (Wildman–Crippen LogP) is 1.10.